The summed E-state index contributed by atoms with van der Waals surface area (Å²) in [5.41, 5.74) is 2.29. The molecule has 2 aliphatic rings. The van der Waals surface area contributed by atoms with E-state index >= 15 is 0 Å². The molecule has 1 aliphatic heterocycles. The smallest absolute Gasteiger partial charge is 0.233 e. The number of hydrogen-bond donors (Lipinski definition) is 0. The molecule has 0 atom stereocenters. The van der Waals surface area contributed by atoms with Crippen molar-refractivity contribution in [1.29, 1.82) is 0 Å². The number of piperazine rings is 1. The van der Waals surface area contributed by atoms with Gasteiger partial charge in [-0.1, -0.05) is 35.5 Å². The predicted octanol–water partition coefficient (Wildman–Crippen LogP) is 2.79. The molecular formula is C24H26FN5O2. The van der Waals surface area contributed by atoms with Gasteiger partial charge in [-0.2, -0.15) is 0 Å². The number of nitrogens with zero attached hydrogens (tertiary/aromatic N) is 5. The van der Waals surface area contributed by atoms with Gasteiger partial charge >= 0.3 is 0 Å². The van der Waals surface area contributed by atoms with Gasteiger partial charge in [0, 0.05) is 38.8 Å². The van der Waals surface area contributed by atoms with E-state index in [1.165, 1.54) is 13.2 Å². The molecular weight excluding hydrogens is 409 g/mol. The van der Waals surface area contributed by atoms with Crippen molar-refractivity contribution in [3.63, 3.8) is 0 Å². The molecule has 0 N–H and O–H groups in total. The number of halogens is 1. The summed E-state index contributed by atoms with van der Waals surface area (Å²) >= 11 is 0. The van der Waals surface area contributed by atoms with Gasteiger partial charge in [-0.25, -0.2) is 9.07 Å². The number of hydrogen-bond acceptors (Lipinski definition) is 5. The van der Waals surface area contributed by atoms with E-state index in [-0.39, 0.29) is 17.1 Å². The molecule has 0 unspecified atom stereocenters. The van der Waals surface area contributed by atoms with Crippen LogP contribution in [0.15, 0.2) is 54.7 Å². The number of carbonyl (C=O) groups excluding carboxylic acids is 1. The van der Waals surface area contributed by atoms with Crippen LogP contribution in [-0.4, -0.2) is 64.0 Å². The Morgan fingerprint density at radius 1 is 1.09 bits per heavy atom. The number of ether oxygens (including phenoxy) is 1. The van der Waals surface area contributed by atoms with E-state index in [0.717, 1.165) is 37.2 Å². The first kappa shape index (κ1) is 20.6. The van der Waals surface area contributed by atoms with Crippen LogP contribution in [0.4, 0.5) is 4.39 Å². The average molecular weight is 436 g/mol. The molecule has 1 amide bonds. The summed E-state index contributed by atoms with van der Waals surface area (Å²) in [6, 6.07) is 14.9. The highest BCUT2D eigenvalue weighted by Gasteiger charge is 2.53. The second-order valence-electron chi connectivity index (χ2n) is 8.47. The molecule has 7 nitrogen and oxygen atoms in total. The van der Waals surface area contributed by atoms with Crippen molar-refractivity contribution in [3.05, 3.63) is 71.8 Å². The lowest BCUT2D eigenvalue weighted by Crippen LogP contribution is -2.51. The SMILES string of the molecule is COc1ccc(-n2nncc2CN2CCN(C(=O)C3(c4ccccc4)CC3)CC2)cc1F. The summed E-state index contributed by atoms with van der Waals surface area (Å²) in [7, 11) is 1.44. The highest BCUT2D eigenvalue weighted by atomic mass is 19.1. The highest BCUT2D eigenvalue weighted by molar-refractivity contribution is 5.91. The van der Waals surface area contributed by atoms with Crippen LogP contribution >= 0.6 is 0 Å². The van der Waals surface area contributed by atoms with Crippen LogP contribution in [0.25, 0.3) is 5.69 Å². The van der Waals surface area contributed by atoms with Crippen LogP contribution in [0.2, 0.25) is 0 Å². The van der Waals surface area contributed by atoms with E-state index in [4.69, 9.17) is 4.74 Å². The number of rotatable bonds is 6. The molecule has 32 heavy (non-hydrogen) atoms. The lowest BCUT2D eigenvalue weighted by Gasteiger charge is -2.36. The zero-order valence-electron chi connectivity index (χ0n) is 18.1. The van der Waals surface area contributed by atoms with Crippen LogP contribution in [0, 0.1) is 5.82 Å². The predicted molar refractivity (Wildman–Crippen MR) is 117 cm³/mol. The van der Waals surface area contributed by atoms with E-state index in [1.54, 1.807) is 23.0 Å². The molecule has 5 rings (SSSR count). The lowest BCUT2D eigenvalue weighted by molar-refractivity contribution is -0.135. The van der Waals surface area contributed by atoms with Gasteiger partial charge in [-0.3, -0.25) is 9.69 Å². The van der Waals surface area contributed by atoms with Gasteiger partial charge in [0.2, 0.25) is 5.91 Å². The fraction of sp³-hybridized carbons (Fsp3) is 0.375. The number of aromatic nitrogens is 3. The van der Waals surface area contributed by atoms with Crippen molar-refractivity contribution in [2.24, 2.45) is 0 Å². The normalized spacial score (nSPS) is 17.9. The van der Waals surface area contributed by atoms with E-state index in [2.05, 4.69) is 27.3 Å². The molecule has 1 saturated carbocycles. The summed E-state index contributed by atoms with van der Waals surface area (Å²) in [6.45, 7) is 3.59. The Hall–Kier alpha value is -3.26. The quantitative estimate of drug-likeness (QED) is 0.596. The Morgan fingerprint density at radius 3 is 2.50 bits per heavy atom. The fourth-order valence-corrected chi connectivity index (χ4v) is 4.52. The Labute approximate surface area is 186 Å². The van der Waals surface area contributed by atoms with Crippen molar-refractivity contribution >= 4 is 5.91 Å². The zero-order chi connectivity index (χ0) is 22.1. The van der Waals surface area contributed by atoms with Gasteiger partial charge in [-0.05, 0) is 30.5 Å². The first-order valence-corrected chi connectivity index (χ1v) is 10.9. The first-order valence-electron chi connectivity index (χ1n) is 10.9. The van der Waals surface area contributed by atoms with Gasteiger partial charge in [0.25, 0.3) is 0 Å². The molecule has 2 fully saturated rings. The second kappa shape index (κ2) is 8.35. The summed E-state index contributed by atoms with van der Waals surface area (Å²) in [4.78, 5) is 17.6. The summed E-state index contributed by atoms with van der Waals surface area (Å²) < 4.78 is 20.8. The monoisotopic (exact) mass is 435 g/mol. The first-order chi connectivity index (χ1) is 15.6. The average Bonchev–Trinajstić information content (AvgIpc) is 3.52. The number of amides is 1. The largest absolute Gasteiger partial charge is 0.494 e. The highest BCUT2D eigenvalue weighted by Crippen LogP contribution is 2.49. The summed E-state index contributed by atoms with van der Waals surface area (Å²) in [5.74, 6) is 0.00917. The molecule has 0 bridgehead atoms. The van der Waals surface area contributed by atoms with Crippen LogP contribution < -0.4 is 4.74 Å². The molecule has 2 heterocycles. The minimum absolute atomic E-state index is 0.195. The maximum atomic E-state index is 14.1. The summed E-state index contributed by atoms with van der Waals surface area (Å²) in [6.07, 6.45) is 3.56. The van der Waals surface area contributed by atoms with E-state index < -0.39 is 5.82 Å². The van der Waals surface area contributed by atoms with Crippen molar-refractivity contribution in [2.45, 2.75) is 24.8 Å². The minimum Gasteiger partial charge on any atom is -0.494 e. The van der Waals surface area contributed by atoms with E-state index in [9.17, 15) is 9.18 Å². The van der Waals surface area contributed by atoms with E-state index in [0.29, 0.717) is 25.3 Å². The van der Waals surface area contributed by atoms with Crippen molar-refractivity contribution in [2.75, 3.05) is 33.3 Å². The van der Waals surface area contributed by atoms with Gasteiger partial charge in [0.15, 0.2) is 11.6 Å². The standard InChI is InChI=1S/C24H26FN5O2/c1-32-22-8-7-19(15-21(22)25)30-20(16-26-27-30)17-28-11-13-29(14-12-28)23(31)24(9-10-24)18-5-3-2-4-6-18/h2-8,15-16H,9-14,17H2,1H3. The second-order valence-corrected chi connectivity index (χ2v) is 8.47. The summed E-state index contributed by atoms with van der Waals surface area (Å²) in [5, 5.41) is 8.16. The third kappa shape index (κ3) is 3.75. The Bertz CT molecular complexity index is 1100. The Morgan fingerprint density at radius 2 is 1.84 bits per heavy atom. The minimum atomic E-state index is -0.439. The van der Waals surface area contributed by atoms with Crippen LogP contribution in [0.1, 0.15) is 24.1 Å². The van der Waals surface area contributed by atoms with E-state index in [1.807, 2.05) is 23.1 Å². The molecule has 1 aromatic heterocycles. The number of benzene rings is 2. The molecule has 2 aromatic carbocycles. The number of carbonyl (C=O) groups is 1. The Kier molecular flexibility index (Phi) is 5.38. The topological polar surface area (TPSA) is 63.5 Å². The molecule has 3 aromatic rings. The van der Waals surface area contributed by atoms with Crippen molar-refractivity contribution in [1.82, 2.24) is 24.8 Å². The van der Waals surface area contributed by atoms with Crippen LogP contribution in [0.5, 0.6) is 5.75 Å². The lowest BCUT2D eigenvalue weighted by atomic mass is 9.94. The molecule has 8 heteroatoms. The van der Waals surface area contributed by atoms with Gasteiger partial charge in [0.1, 0.15) is 0 Å². The third-order valence-electron chi connectivity index (χ3n) is 6.53. The molecule has 166 valence electrons. The van der Waals surface area contributed by atoms with Crippen LogP contribution in [0.3, 0.4) is 0 Å². The zero-order valence-corrected chi connectivity index (χ0v) is 18.1. The van der Waals surface area contributed by atoms with Gasteiger partial charge in [-0.15, -0.1) is 5.10 Å². The maximum absolute atomic E-state index is 14.1. The van der Waals surface area contributed by atoms with Crippen molar-refractivity contribution < 1.29 is 13.9 Å². The van der Waals surface area contributed by atoms with Gasteiger partial charge < -0.3 is 9.64 Å². The molecule has 1 aliphatic carbocycles. The molecule has 0 spiro atoms. The van der Waals surface area contributed by atoms with Crippen molar-refractivity contribution in [3.8, 4) is 11.4 Å². The third-order valence-corrected chi connectivity index (χ3v) is 6.53. The number of methoxy groups -OCH3 is 1. The molecule has 0 radical (unpaired) electrons. The Balaban J connectivity index is 1.23. The van der Waals surface area contributed by atoms with Crippen LogP contribution in [-0.2, 0) is 16.8 Å². The molecule has 1 saturated heterocycles. The van der Waals surface area contributed by atoms with Gasteiger partial charge in [0.05, 0.1) is 30.1 Å². The maximum Gasteiger partial charge on any atom is 0.233 e. The fourth-order valence-electron chi connectivity index (χ4n) is 4.52.